The lowest BCUT2D eigenvalue weighted by molar-refractivity contribution is -0.183. The molecule has 0 aromatic rings. The van der Waals surface area contributed by atoms with Crippen LogP contribution in [0.3, 0.4) is 0 Å². The maximum absolute atomic E-state index is 13.0. The van der Waals surface area contributed by atoms with Crippen molar-refractivity contribution in [3.63, 3.8) is 0 Å². The predicted molar refractivity (Wildman–Crippen MR) is 108 cm³/mol. The number of halogens is 4. The van der Waals surface area contributed by atoms with Gasteiger partial charge in [-0.1, -0.05) is 6.42 Å². The maximum atomic E-state index is 13.0. The first-order chi connectivity index (χ1) is 11.5. The second kappa shape index (κ2) is 9.79. The first-order valence-electron chi connectivity index (χ1n) is 8.90. The molecule has 2 fully saturated rings. The summed E-state index contributed by atoms with van der Waals surface area (Å²) < 4.78 is 61.9. The Bertz CT molecular complexity index is 582. The van der Waals surface area contributed by atoms with E-state index in [9.17, 15) is 21.6 Å². The molecule has 26 heavy (non-hydrogen) atoms. The quantitative estimate of drug-likeness (QED) is 0.346. The predicted octanol–water partition coefficient (Wildman–Crippen LogP) is 3.10. The standard InChI is InChI=1S/C16H28F3N3O2S.HI/c1-11(2)21-15(20-9-12-6-7-25(23,24)10-12)22-14-5-3-4-13(8-14)16(17,18)19;/h11-14H,3-10H2,1-2H3,(H2,20,21,22);1H. The zero-order chi connectivity index (χ0) is 18.7. The van der Waals surface area contributed by atoms with Crippen molar-refractivity contribution in [2.75, 3.05) is 18.1 Å². The van der Waals surface area contributed by atoms with Crippen LogP contribution in [0.25, 0.3) is 0 Å². The van der Waals surface area contributed by atoms with Crippen LogP contribution in [-0.4, -0.2) is 50.7 Å². The van der Waals surface area contributed by atoms with E-state index in [0.717, 1.165) is 0 Å². The van der Waals surface area contributed by atoms with Crippen LogP contribution in [-0.2, 0) is 9.84 Å². The minimum Gasteiger partial charge on any atom is -0.354 e. The number of aliphatic imine (C=N–C) groups is 1. The SMILES string of the molecule is CC(C)NC(=NCC1CCS(=O)(=O)C1)NC1CCCC(C(F)(F)F)C1.I. The van der Waals surface area contributed by atoms with Gasteiger partial charge < -0.3 is 10.6 Å². The van der Waals surface area contributed by atoms with Crippen molar-refractivity contribution in [3.05, 3.63) is 0 Å². The van der Waals surface area contributed by atoms with Crippen molar-refractivity contribution in [1.82, 2.24) is 10.6 Å². The van der Waals surface area contributed by atoms with Gasteiger partial charge >= 0.3 is 6.18 Å². The molecule has 1 saturated carbocycles. The molecule has 0 amide bonds. The van der Waals surface area contributed by atoms with Gasteiger partial charge in [-0.15, -0.1) is 24.0 Å². The molecule has 2 rings (SSSR count). The third-order valence-corrected chi connectivity index (χ3v) is 6.57. The second-order valence-electron chi connectivity index (χ2n) is 7.50. The third-order valence-electron chi connectivity index (χ3n) is 4.74. The van der Waals surface area contributed by atoms with Gasteiger partial charge in [-0.25, -0.2) is 8.42 Å². The highest BCUT2D eigenvalue weighted by atomic mass is 127. The number of hydrogen-bond acceptors (Lipinski definition) is 3. The first-order valence-corrected chi connectivity index (χ1v) is 10.7. The van der Waals surface area contributed by atoms with Crippen molar-refractivity contribution in [3.8, 4) is 0 Å². The lowest BCUT2D eigenvalue weighted by atomic mass is 9.85. The fourth-order valence-electron chi connectivity index (χ4n) is 3.45. The summed E-state index contributed by atoms with van der Waals surface area (Å²) in [5.41, 5.74) is 0. The normalized spacial score (nSPS) is 29.3. The van der Waals surface area contributed by atoms with E-state index in [0.29, 0.717) is 31.8 Å². The van der Waals surface area contributed by atoms with Crippen molar-refractivity contribution in [2.24, 2.45) is 16.8 Å². The van der Waals surface area contributed by atoms with Crippen LogP contribution in [0.15, 0.2) is 4.99 Å². The maximum Gasteiger partial charge on any atom is 0.391 e. The summed E-state index contributed by atoms with van der Waals surface area (Å²) in [6, 6.07) is -0.182. The molecule has 0 spiro atoms. The molecule has 2 aliphatic rings. The fraction of sp³-hybridized carbons (Fsp3) is 0.938. The van der Waals surface area contributed by atoms with E-state index in [1.807, 2.05) is 13.8 Å². The van der Waals surface area contributed by atoms with E-state index in [2.05, 4.69) is 15.6 Å². The topological polar surface area (TPSA) is 70.6 Å². The number of rotatable bonds is 4. The van der Waals surface area contributed by atoms with Gasteiger partial charge in [-0.3, -0.25) is 4.99 Å². The van der Waals surface area contributed by atoms with E-state index in [1.165, 1.54) is 0 Å². The third kappa shape index (κ3) is 7.77. The number of alkyl halides is 3. The van der Waals surface area contributed by atoms with Crippen molar-refractivity contribution >= 4 is 39.8 Å². The van der Waals surface area contributed by atoms with Gasteiger partial charge in [-0.2, -0.15) is 13.2 Å². The Kier molecular flexibility index (Phi) is 8.95. The number of nitrogens with one attached hydrogen (secondary N) is 2. The Morgan fingerprint density at radius 1 is 1.23 bits per heavy atom. The largest absolute Gasteiger partial charge is 0.391 e. The van der Waals surface area contributed by atoms with Gasteiger partial charge in [-0.05, 0) is 45.4 Å². The average Bonchev–Trinajstić information content (AvgIpc) is 2.83. The summed E-state index contributed by atoms with van der Waals surface area (Å²) >= 11 is 0. The number of nitrogens with zero attached hydrogens (tertiary/aromatic N) is 1. The monoisotopic (exact) mass is 511 g/mol. The molecule has 0 radical (unpaired) electrons. The Hall–Kier alpha value is -0.260. The number of sulfone groups is 1. The summed E-state index contributed by atoms with van der Waals surface area (Å²) in [4.78, 5) is 4.44. The van der Waals surface area contributed by atoms with Crippen LogP contribution in [0.4, 0.5) is 13.2 Å². The lowest BCUT2D eigenvalue weighted by Crippen LogP contribution is -2.48. The van der Waals surface area contributed by atoms with Gasteiger partial charge in [0.2, 0.25) is 0 Å². The summed E-state index contributed by atoms with van der Waals surface area (Å²) in [5, 5.41) is 6.26. The first kappa shape index (κ1) is 23.8. The smallest absolute Gasteiger partial charge is 0.354 e. The number of hydrogen-bond donors (Lipinski definition) is 2. The average molecular weight is 511 g/mol. The van der Waals surface area contributed by atoms with Gasteiger partial charge in [0.1, 0.15) is 0 Å². The van der Waals surface area contributed by atoms with Crippen LogP contribution in [0.2, 0.25) is 0 Å². The molecule has 154 valence electrons. The summed E-state index contributed by atoms with van der Waals surface area (Å²) in [5.74, 6) is -0.453. The highest BCUT2D eigenvalue weighted by Gasteiger charge is 2.42. The fourth-order valence-corrected chi connectivity index (χ4v) is 5.30. The molecule has 1 heterocycles. The molecule has 10 heteroatoms. The van der Waals surface area contributed by atoms with Crippen LogP contribution in [0.1, 0.15) is 46.0 Å². The zero-order valence-electron chi connectivity index (χ0n) is 15.2. The van der Waals surface area contributed by atoms with Crippen LogP contribution < -0.4 is 10.6 Å². The van der Waals surface area contributed by atoms with E-state index >= 15 is 0 Å². The molecule has 0 bridgehead atoms. The van der Waals surface area contributed by atoms with Crippen LogP contribution in [0.5, 0.6) is 0 Å². The van der Waals surface area contributed by atoms with Crippen molar-refractivity contribution in [1.29, 1.82) is 0 Å². The van der Waals surface area contributed by atoms with E-state index in [4.69, 9.17) is 0 Å². The minimum absolute atomic E-state index is 0. The molecule has 1 aliphatic carbocycles. The highest BCUT2D eigenvalue weighted by molar-refractivity contribution is 14.0. The Balaban J connectivity index is 0.00000338. The molecule has 2 N–H and O–H groups in total. The molecule has 3 atom stereocenters. The van der Waals surface area contributed by atoms with Crippen molar-refractivity contribution < 1.29 is 21.6 Å². The van der Waals surface area contributed by atoms with Gasteiger partial charge in [0.05, 0.1) is 17.4 Å². The van der Waals surface area contributed by atoms with Crippen LogP contribution in [0, 0.1) is 11.8 Å². The van der Waals surface area contributed by atoms with E-state index in [-0.39, 0.29) is 66.3 Å². The molecule has 5 nitrogen and oxygen atoms in total. The molecule has 0 aromatic heterocycles. The lowest BCUT2D eigenvalue weighted by Gasteiger charge is -2.32. The van der Waals surface area contributed by atoms with Crippen molar-refractivity contribution in [2.45, 2.75) is 64.2 Å². The summed E-state index contributed by atoms with van der Waals surface area (Å²) in [7, 11) is -2.95. The van der Waals surface area contributed by atoms with E-state index < -0.39 is 21.9 Å². The molecule has 1 saturated heterocycles. The van der Waals surface area contributed by atoms with Gasteiger partial charge in [0.25, 0.3) is 0 Å². The molecule has 0 aromatic carbocycles. The molecule has 3 unspecified atom stereocenters. The molecular weight excluding hydrogens is 482 g/mol. The second-order valence-corrected chi connectivity index (χ2v) is 9.73. The zero-order valence-corrected chi connectivity index (χ0v) is 18.3. The van der Waals surface area contributed by atoms with Crippen LogP contribution >= 0.6 is 24.0 Å². The number of guanidine groups is 1. The van der Waals surface area contributed by atoms with E-state index in [1.54, 1.807) is 0 Å². The molecule has 1 aliphatic heterocycles. The Labute approximate surface area is 170 Å². The minimum atomic E-state index is -4.15. The highest BCUT2D eigenvalue weighted by Crippen LogP contribution is 2.37. The summed E-state index contributed by atoms with van der Waals surface area (Å²) in [6.07, 6.45) is -2.09. The molecular formula is C16H29F3IN3O2S. The van der Waals surface area contributed by atoms with Gasteiger partial charge in [0, 0.05) is 18.6 Å². The summed E-state index contributed by atoms with van der Waals surface area (Å²) in [6.45, 7) is 4.23. The van der Waals surface area contributed by atoms with Gasteiger partial charge in [0.15, 0.2) is 15.8 Å². The Morgan fingerprint density at radius 3 is 2.46 bits per heavy atom. The Morgan fingerprint density at radius 2 is 1.92 bits per heavy atom.